The molecule has 1 rings (SSSR count). The Morgan fingerprint density at radius 2 is 1.61 bits per heavy atom. The topological polar surface area (TPSA) is 237 Å². The van der Waals surface area contributed by atoms with Crippen LogP contribution in [0.2, 0.25) is 0 Å². The molecule has 3 amide bonds. The van der Waals surface area contributed by atoms with E-state index < -0.39 is 66.9 Å². The maximum Gasteiger partial charge on any atom is 0.326 e. The molecule has 4 atom stereocenters. The zero-order chi connectivity index (χ0) is 23.6. The van der Waals surface area contributed by atoms with Crippen molar-refractivity contribution in [3.63, 3.8) is 0 Å². The molecule has 0 aromatic carbocycles. The van der Waals surface area contributed by atoms with Crippen molar-refractivity contribution in [1.29, 1.82) is 0 Å². The average molecular weight is 460 g/mol. The number of carbonyl (C=O) groups excluding carboxylic acids is 3. The minimum atomic E-state index is -1.68. The van der Waals surface area contributed by atoms with E-state index in [9.17, 15) is 34.2 Å². The molecule has 1 aromatic rings. The number of carbonyl (C=O) groups is 5. The number of imidazole rings is 1. The van der Waals surface area contributed by atoms with Crippen molar-refractivity contribution < 1.29 is 39.3 Å². The summed E-state index contributed by atoms with van der Waals surface area (Å²) in [5.41, 5.74) is 5.87. The highest BCUT2D eigenvalue weighted by molar-refractivity contribution is 7.80. The Kier molecular flexibility index (Phi) is 10.4. The van der Waals surface area contributed by atoms with E-state index in [-0.39, 0.29) is 12.2 Å². The monoisotopic (exact) mass is 460 g/mol. The molecule has 1 heterocycles. The second kappa shape index (κ2) is 12.5. The van der Waals surface area contributed by atoms with Crippen molar-refractivity contribution in [2.45, 2.75) is 37.0 Å². The fraction of sp³-hybridized carbons (Fsp3) is 0.500. The Hall–Kier alpha value is -3.17. The molecule has 1 aromatic heterocycles. The number of nitrogens with one attached hydrogen (secondary N) is 4. The highest BCUT2D eigenvalue weighted by atomic mass is 32.1. The summed E-state index contributed by atoms with van der Waals surface area (Å²) in [6, 6.07) is -5.72. The molecular formula is C16H24N6O8S. The van der Waals surface area contributed by atoms with Gasteiger partial charge in [-0.3, -0.25) is 19.2 Å². The van der Waals surface area contributed by atoms with Gasteiger partial charge in [0.2, 0.25) is 17.7 Å². The number of nitrogens with zero attached hydrogens (tertiary/aromatic N) is 1. The molecule has 0 aliphatic carbocycles. The van der Waals surface area contributed by atoms with Crippen LogP contribution < -0.4 is 21.7 Å². The van der Waals surface area contributed by atoms with Crippen LogP contribution in [0.15, 0.2) is 12.5 Å². The molecule has 172 valence electrons. The summed E-state index contributed by atoms with van der Waals surface area (Å²) >= 11 is 3.84. The first-order valence-electron chi connectivity index (χ1n) is 8.89. The molecule has 0 radical (unpaired) electrons. The van der Waals surface area contributed by atoms with E-state index >= 15 is 0 Å². The second-order valence-electron chi connectivity index (χ2n) is 6.37. The van der Waals surface area contributed by atoms with Crippen LogP contribution in [0.4, 0.5) is 0 Å². The minimum Gasteiger partial charge on any atom is -0.481 e. The Morgan fingerprint density at radius 1 is 1.03 bits per heavy atom. The van der Waals surface area contributed by atoms with Gasteiger partial charge in [0.05, 0.1) is 25.4 Å². The lowest BCUT2D eigenvalue weighted by Crippen LogP contribution is -2.58. The van der Waals surface area contributed by atoms with Gasteiger partial charge in [0.25, 0.3) is 0 Å². The summed E-state index contributed by atoms with van der Waals surface area (Å²) in [7, 11) is 0. The van der Waals surface area contributed by atoms with E-state index in [1.165, 1.54) is 12.5 Å². The van der Waals surface area contributed by atoms with E-state index in [1.54, 1.807) is 0 Å². The number of aliphatic hydroxyl groups is 1. The smallest absolute Gasteiger partial charge is 0.326 e. The van der Waals surface area contributed by atoms with Crippen LogP contribution in [0, 0.1) is 0 Å². The number of carboxylic acid groups (broad SMARTS) is 2. The number of aromatic amines is 1. The Balaban J connectivity index is 2.88. The molecule has 0 aliphatic heterocycles. The number of thiol groups is 1. The number of aliphatic carboxylic acids is 2. The molecule has 31 heavy (non-hydrogen) atoms. The number of aromatic nitrogens is 2. The maximum atomic E-state index is 12.5. The fourth-order valence-electron chi connectivity index (χ4n) is 2.30. The molecule has 14 nitrogen and oxygen atoms in total. The number of amides is 3. The zero-order valence-electron chi connectivity index (χ0n) is 16.1. The largest absolute Gasteiger partial charge is 0.481 e. The van der Waals surface area contributed by atoms with E-state index in [0.717, 1.165) is 0 Å². The molecule has 0 fully saturated rings. The Bertz CT molecular complexity index is 789. The van der Waals surface area contributed by atoms with E-state index in [1.807, 2.05) is 0 Å². The first-order chi connectivity index (χ1) is 14.6. The van der Waals surface area contributed by atoms with Crippen molar-refractivity contribution >= 4 is 42.3 Å². The molecule has 0 saturated heterocycles. The number of hydrogen-bond acceptors (Lipinski definition) is 9. The van der Waals surface area contributed by atoms with Gasteiger partial charge in [-0.2, -0.15) is 12.6 Å². The molecule has 9 N–H and O–H groups in total. The fourth-order valence-corrected chi connectivity index (χ4v) is 2.47. The summed E-state index contributed by atoms with van der Waals surface area (Å²) in [6.07, 6.45) is 1.61. The van der Waals surface area contributed by atoms with Crippen LogP contribution in [-0.2, 0) is 30.4 Å². The van der Waals surface area contributed by atoms with Crippen LogP contribution in [0.3, 0.4) is 0 Å². The highest BCUT2D eigenvalue weighted by Gasteiger charge is 2.31. The van der Waals surface area contributed by atoms with Crippen LogP contribution in [0.25, 0.3) is 0 Å². The van der Waals surface area contributed by atoms with Crippen molar-refractivity contribution in [3.8, 4) is 0 Å². The number of hydrogen-bond donors (Lipinski definition) is 9. The molecule has 15 heteroatoms. The van der Waals surface area contributed by atoms with Gasteiger partial charge in [0.15, 0.2) is 0 Å². The molecular weight excluding hydrogens is 436 g/mol. The van der Waals surface area contributed by atoms with E-state index in [2.05, 4.69) is 38.5 Å². The first-order valence-corrected chi connectivity index (χ1v) is 9.52. The van der Waals surface area contributed by atoms with Gasteiger partial charge < -0.3 is 42.0 Å². The third-order valence-electron chi connectivity index (χ3n) is 3.95. The van der Waals surface area contributed by atoms with Crippen molar-refractivity contribution in [2.24, 2.45) is 5.73 Å². The van der Waals surface area contributed by atoms with Crippen LogP contribution in [0.1, 0.15) is 12.1 Å². The number of aliphatic hydroxyl groups excluding tert-OH is 1. The van der Waals surface area contributed by atoms with Gasteiger partial charge in [-0.25, -0.2) is 9.78 Å². The number of carboxylic acids is 2. The van der Waals surface area contributed by atoms with E-state index in [0.29, 0.717) is 5.69 Å². The SMILES string of the molecule is NC(CS)C(=O)NC(CO)C(=O)NC(CC(=O)O)C(=O)NC(Cc1cnc[nH]1)C(=O)O. The normalized spacial score (nSPS) is 14.5. The second-order valence-corrected chi connectivity index (χ2v) is 6.74. The summed E-state index contributed by atoms with van der Waals surface area (Å²) < 4.78 is 0. The van der Waals surface area contributed by atoms with Gasteiger partial charge in [0.1, 0.15) is 18.1 Å². The van der Waals surface area contributed by atoms with Gasteiger partial charge in [0, 0.05) is 24.1 Å². The first kappa shape index (κ1) is 25.9. The minimum absolute atomic E-state index is 0.0391. The van der Waals surface area contributed by atoms with Gasteiger partial charge in [-0.1, -0.05) is 0 Å². The molecule has 0 aliphatic rings. The standard InChI is InChI=1S/C16H24N6O8S/c17-8(5-31)13(26)22-11(4-23)15(28)20-9(2-12(24)25)14(27)21-10(16(29)30)1-7-3-18-6-19-7/h3,6,8-11,23,31H,1-2,4-5,17H2,(H,18,19)(H,20,28)(H,21,27)(H,22,26)(H,24,25)(H,29,30). The predicted octanol–water partition coefficient (Wildman–Crippen LogP) is -3.78. The molecule has 0 spiro atoms. The third-order valence-corrected chi connectivity index (χ3v) is 4.35. The van der Waals surface area contributed by atoms with Gasteiger partial charge in [-0.15, -0.1) is 0 Å². The molecule has 4 unspecified atom stereocenters. The maximum absolute atomic E-state index is 12.5. The molecule has 0 bridgehead atoms. The van der Waals surface area contributed by atoms with Crippen LogP contribution in [0.5, 0.6) is 0 Å². The van der Waals surface area contributed by atoms with Crippen LogP contribution >= 0.6 is 12.6 Å². The summed E-state index contributed by atoms with van der Waals surface area (Å²) in [5, 5.41) is 34.1. The highest BCUT2D eigenvalue weighted by Crippen LogP contribution is 2.02. The predicted molar refractivity (Wildman–Crippen MR) is 107 cm³/mol. The number of H-pyrrole nitrogens is 1. The Labute approximate surface area is 181 Å². The van der Waals surface area contributed by atoms with Crippen molar-refractivity contribution in [3.05, 3.63) is 18.2 Å². The molecule has 0 saturated carbocycles. The summed E-state index contributed by atoms with van der Waals surface area (Å²) in [4.78, 5) is 65.6. The zero-order valence-corrected chi connectivity index (χ0v) is 17.0. The lowest BCUT2D eigenvalue weighted by Gasteiger charge is -2.23. The van der Waals surface area contributed by atoms with Crippen molar-refractivity contribution in [2.75, 3.05) is 12.4 Å². The van der Waals surface area contributed by atoms with E-state index in [4.69, 9.17) is 10.8 Å². The van der Waals surface area contributed by atoms with Gasteiger partial charge >= 0.3 is 11.9 Å². The Morgan fingerprint density at radius 3 is 2.10 bits per heavy atom. The summed E-state index contributed by atoms with van der Waals surface area (Å²) in [5.74, 6) is -5.84. The third kappa shape index (κ3) is 8.61. The summed E-state index contributed by atoms with van der Waals surface area (Å²) in [6.45, 7) is -0.865. The average Bonchev–Trinajstić information content (AvgIpc) is 3.22. The van der Waals surface area contributed by atoms with Gasteiger partial charge in [-0.05, 0) is 0 Å². The lowest BCUT2D eigenvalue weighted by atomic mass is 10.1. The lowest BCUT2D eigenvalue weighted by molar-refractivity contribution is -0.143. The van der Waals surface area contributed by atoms with Crippen LogP contribution in [-0.4, -0.2) is 91.5 Å². The quantitative estimate of drug-likeness (QED) is 0.130. The number of nitrogens with two attached hydrogens (primary N) is 1. The number of rotatable bonds is 13. The van der Waals surface area contributed by atoms with Crippen molar-refractivity contribution in [1.82, 2.24) is 25.9 Å².